The van der Waals surface area contributed by atoms with Gasteiger partial charge in [0, 0.05) is 6.04 Å². The second-order valence-electron chi connectivity index (χ2n) is 5.27. The summed E-state index contributed by atoms with van der Waals surface area (Å²) in [5, 5.41) is 3.35. The van der Waals surface area contributed by atoms with Gasteiger partial charge in [-0.3, -0.25) is 0 Å². The predicted molar refractivity (Wildman–Crippen MR) is 69.3 cm³/mol. The minimum Gasteiger partial charge on any atom is -0.310 e. The molecule has 1 aromatic rings. The summed E-state index contributed by atoms with van der Waals surface area (Å²) >= 11 is 0. The number of nitrogens with one attached hydrogen (secondary N) is 1. The van der Waals surface area contributed by atoms with Crippen LogP contribution < -0.4 is 5.32 Å². The van der Waals surface area contributed by atoms with E-state index < -0.39 is 17.5 Å². The first-order chi connectivity index (χ1) is 9.13. The lowest BCUT2D eigenvalue weighted by molar-refractivity contribution is 0.362. The summed E-state index contributed by atoms with van der Waals surface area (Å²) in [5.74, 6) is -3.20. The van der Waals surface area contributed by atoms with E-state index in [0.29, 0.717) is 11.5 Å². The molecule has 0 aliphatic heterocycles. The molecule has 0 aromatic heterocycles. The van der Waals surface area contributed by atoms with Crippen molar-refractivity contribution in [1.29, 1.82) is 0 Å². The van der Waals surface area contributed by atoms with Gasteiger partial charge in [-0.15, -0.1) is 0 Å². The van der Waals surface area contributed by atoms with E-state index >= 15 is 0 Å². The fourth-order valence-electron chi connectivity index (χ4n) is 2.90. The van der Waals surface area contributed by atoms with Gasteiger partial charge >= 0.3 is 0 Å². The Morgan fingerprint density at radius 1 is 1.16 bits per heavy atom. The summed E-state index contributed by atoms with van der Waals surface area (Å²) in [5.41, 5.74) is 0.525. The van der Waals surface area contributed by atoms with E-state index in [1.807, 2.05) is 6.92 Å². The van der Waals surface area contributed by atoms with E-state index in [4.69, 9.17) is 0 Å². The molecule has 2 rings (SSSR count). The first kappa shape index (κ1) is 14.4. The third-order valence-corrected chi connectivity index (χ3v) is 3.85. The van der Waals surface area contributed by atoms with Crippen LogP contribution >= 0.6 is 0 Å². The fourth-order valence-corrected chi connectivity index (χ4v) is 2.90. The van der Waals surface area contributed by atoms with Gasteiger partial charge < -0.3 is 5.32 Å². The van der Waals surface area contributed by atoms with Crippen molar-refractivity contribution >= 4 is 0 Å². The molecule has 0 heterocycles. The van der Waals surface area contributed by atoms with Crippen molar-refractivity contribution in [2.75, 3.05) is 6.54 Å². The van der Waals surface area contributed by atoms with Crippen LogP contribution in [-0.4, -0.2) is 6.54 Å². The second-order valence-corrected chi connectivity index (χ2v) is 5.27. The zero-order valence-corrected chi connectivity index (χ0v) is 11.2. The summed E-state index contributed by atoms with van der Waals surface area (Å²) < 4.78 is 39.8. The van der Waals surface area contributed by atoms with Gasteiger partial charge in [0.05, 0.1) is 0 Å². The average molecular weight is 271 g/mol. The van der Waals surface area contributed by atoms with Crippen molar-refractivity contribution in [2.45, 2.75) is 45.1 Å². The van der Waals surface area contributed by atoms with Crippen molar-refractivity contribution in [2.24, 2.45) is 5.92 Å². The zero-order valence-electron chi connectivity index (χ0n) is 11.2. The summed E-state index contributed by atoms with van der Waals surface area (Å²) in [7, 11) is 0. The lowest BCUT2D eigenvalue weighted by Gasteiger charge is -2.25. The van der Waals surface area contributed by atoms with E-state index in [0.717, 1.165) is 50.8 Å². The van der Waals surface area contributed by atoms with Crippen LogP contribution in [0.4, 0.5) is 13.2 Å². The Balaban J connectivity index is 2.26. The minimum atomic E-state index is -1.38. The molecule has 1 nitrogen and oxygen atoms in total. The molecule has 1 saturated carbocycles. The summed E-state index contributed by atoms with van der Waals surface area (Å²) in [6, 6.07) is 2.18. The average Bonchev–Trinajstić information content (AvgIpc) is 2.90. The largest absolute Gasteiger partial charge is 0.310 e. The third kappa shape index (κ3) is 3.30. The summed E-state index contributed by atoms with van der Waals surface area (Å²) in [4.78, 5) is 0. The molecule has 0 amide bonds. The normalized spacial score (nSPS) is 17.9. The van der Waals surface area contributed by atoms with Gasteiger partial charge in [0.15, 0.2) is 17.5 Å². The van der Waals surface area contributed by atoms with Crippen LogP contribution in [0.3, 0.4) is 0 Å². The Bertz CT molecular complexity index is 404. The molecule has 1 aliphatic carbocycles. The maximum absolute atomic E-state index is 13.4. The Kier molecular flexibility index (Phi) is 4.86. The van der Waals surface area contributed by atoms with E-state index in [1.165, 1.54) is 0 Å². The molecule has 1 atom stereocenters. The number of halogens is 3. The van der Waals surface area contributed by atoms with Crippen LogP contribution in [0.2, 0.25) is 0 Å². The third-order valence-electron chi connectivity index (χ3n) is 3.85. The number of benzene rings is 1. The van der Waals surface area contributed by atoms with Gasteiger partial charge in [0.2, 0.25) is 0 Å². The maximum Gasteiger partial charge on any atom is 0.194 e. The molecule has 0 radical (unpaired) electrons. The van der Waals surface area contributed by atoms with Gasteiger partial charge in [-0.05, 0) is 49.4 Å². The standard InChI is InChI=1S/C15H20F3N/c1-2-7-19-15(10-5-3-4-6-10)11-8-12(16)14(18)13(17)9-11/h8-10,15,19H,2-7H2,1H3. The molecule has 19 heavy (non-hydrogen) atoms. The van der Waals surface area contributed by atoms with Crippen LogP contribution in [0.1, 0.15) is 50.6 Å². The molecular weight excluding hydrogens is 251 g/mol. The molecule has 1 N–H and O–H groups in total. The fraction of sp³-hybridized carbons (Fsp3) is 0.600. The second kappa shape index (κ2) is 6.42. The molecule has 4 heteroatoms. The van der Waals surface area contributed by atoms with E-state index in [9.17, 15) is 13.2 Å². The van der Waals surface area contributed by atoms with Crippen molar-refractivity contribution < 1.29 is 13.2 Å². The van der Waals surface area contributed by atoms with E-state index in [2.05, 4.69) is 5.32 Å². The Labute approximate surface area is 112 Å². The number of rotatable bonds is 5. The van der Waals surface area contributed by atoms with Crippen LogP contribution in [-0.2, 0) is 0 Å². The Morgan fingerprint density at radius 3 is 2.26 bits per heavy atom. The highest BCUT2D eigenvalue weighted by Gasteiger charge is 2.27. The Morgan fingerprint density at radius 2 is 1.74 bits per heavy atom. The number of hydrogen-bond acceptors (Lipinski definition) is 1. The highest BCUT2D eigenvalue weighted by atomic mass is 19.2. The lowest BCUT2D eigenvalue weighted by Crippen LogP contribution is -2.28. The van der Waals surface area contributed by atoms with Gasteiger partial charge in [-0.1, -0.05) is 19.8 Å². The molecule has 106 valence electrons. The highest BCUT2D eigenvalue weighted by Crippen LogP contribution is 2.36. The Hall–Kier alpha value is -1.03. The minimum absolute atomic E-state index is 0.0768. The van der Waals surface area contributed by atoms with Crippen LogP contribution in [0.25, 0.3) is 0 Å². The van der Waals surface area contributed by atoms with Gasteiger partial charge in [-0.25, -0.2) is 13.2 Å². The molecule has 1 unspecified atom stereocenters. The molecule has 0 bridgehead atoms. The van der Waals surface area contributed by atoms with Crippen molar-refractivity contribution in [1.82, 2.24) is 5.32 Å². The summed E-state index contributed by atoms with van der Waals surface area (Å²) in [6.45, 7) is 2.84. The SMILES string of the molecule is CCCNC(c1cc(F)c(F)c(F)c1)C1CCCC1. The predicted octanol–water partition coefficient (Wildman–Crippen LogP) is 4.33. The first-order valence-electron chi connectivity index (χ1n) is 7.01. The van der Waals surface area contributed by atoms with Gasteiger partial charge in [0.25, 0.3) is 0 Å². The highest BCUT2D eigenvalue weighted by molar-refractivity contribution is 5.23. The smallest absolute Gasteiger partial charge is 0.194 e. The van der Waals surface area contributed by atoms with Gasteiger partial charge in [-0.2, -0.15) is 0 Å². The molecule has 1 aromatic carbocycles. The van der Waals surface area contributed by atoms with E-state index in [-0.39, 0.29) is 6.04 Å². The molecule has 1 aliphatic rings. The monoisotopic (exact) mass is 271 g/mol. The molecule has 1 fully saturated rings. The van der Waals surface area contributed by atoms with E-state index in [1.54, 1.807) is 0 Å². The molecule has 0 spiro atoms. The van der Waals surface area contributed by atoms with Crippen LogP contribution in [0.15, 0.2) is 12.1 Å². The zero-order chi connectivity index (χ0) is 13.8. The number of hydrogen-bond donors (Lipinski definition) is 1. The van der Waals surface area contributed by atoms with Gasteiger partial charge in [0.1, 0.15) is 0 Å². The van der Waals surface area contributed by atoms with Crippen molar-refractivity contribution in [3.05, 3.63) is 35.1 Å². The van der Waals surface area contributed by atoms with Crippen LogP contribution in [0, 0.1) is 23.4 Å². The lowest BCUT2D eigenvalue weighted by atomic mass is 9.91. The van der Waals surface area contributed by atoms with Crippen molar-refractivity contribution in [3.63, 3.8) is 0 Å². The first-order valence-corrected chi connectivity index (χ1v) is 7.01. The molecular formula is C15H20F3N. The van der Waals surface area contributed by atoms with Crippen molar-refractivity contribution in [3.8, 4) is 0 Å². The topological polar surface area (TPSA) is 12.0 Å². The van der Waals surface area contributed by atoms with Crippen LogP contribution in [0.5, 0.6) is 0 Å². The summed E-state index contributed by atoms with van der Waals surface area (Å²) in [6.07, 6.45) is 5.38. The maximum atomic E-state index is 13.4. The quantitative estimate of drug-likeness (QED) is 0.786. The molecule has 0 saturated heterocycles.